The molecule has 0 spiro atoms. The van der Waals surface area contributed by atoms with Gasteiger partial charge in [-0.1, -0.05) is 11.1 Å². The summed E-state index contributed by atoms with van der Waals surface area (Å²) in [5.74, 6) is -6.46. The molecule has 0 fully saturated rings. The Hall–Kier alpha value is -4.04. The Morgan fingerprint density at radius 1 is 0.833 bits per heavy atom. The van der Waals surface area contributed by atoms with E-state index >= 15 is 0 Å². The zero-order valence-corrected chi connectivity index (χ0v) is 25.1. The van der Waals surface area contributed by atoms with Gasteiger partial charge in [-0.3, -0.25) is 38.9 Å². The first kappa shape index (κ1) is 36.0. The molecule has 15 heteroatoms. The van der Waals surface area contributed by atoms with Crippen molar-refractivity contribution in [3.05, 3.63) is 21.3 Å². The van der Waals surface area contributed by atoms with Crippen molar-refractivity contribution in [2.45, 2.75) is 104 Å². The first-order valence-electron chi connectivity index (χ1n) is 13.1. The Balaban J connectivity index is 3.99. The van der Waals surface area contributed by atoms with Gasteiger partial charge in [-0.25, -0.2) is 0 Å². The van der Waals surface area contributed by atoms with Gasteiger partial charge in [-0.15, -0.1) is 0 Å². The van der Waals surface area contributed by atoms with Crippen LogP contribution >= 0.6 is 0 Å². The lowest BCUT2D eigenvalue weighted by Crippen LogP contribution is -2.61. The molecule has 1 aliphatic rings. The predicted molar refractivity (Wildman–Crippen MR) is 141 cm³/mol. The van der Waals surface area contributed by atoms with Crippen molar-refractivity contribution in [3.8, 4) is 0 Å². The van der Waals surface area contributed by atoms with E-state index in [0.29, 0.717) is 5.57 Å². The van der Waals surface area contributed by atoms with Crippen LogP contribution in [0.15, 0.2) is 11.1 Å². The van der Waals surface area contributed by atoms with E-state index in [1.165, 1.54) is 0 Å². The van der Waals surface area contributed by atoms with Crippen LogP contribution in [-0.4, -0.2) is 84.4 Å². The molecule has 236 valence electrons. The van der Waals surface area contributed by atoms with Crippen molar-refractivity contribution >= 4 is 35.8 Å². The average Bonchev–Trinajstić information content (AvgIpc) is 2.86. The molecule has 0 aromatic rings. The molecule has 1 rings (SSSR count). The fourth-order valence-electron chi connectivity index (χ4n) is 5.08. The Kier molecular flexibility index (Phi) is 13.6. The lowest BCUT2D eigenvalue weighted by molar-refractivity contribution is -0.586. The molecule has 6 atom stereocenters. The third kappa shape index (κ3) is 10.1. The van der Waals surface area contributed by atoms with E-state index in [1.807, 2.05) is 0 Å². The minimum absolute atomic E-state index is 0.0430. The van der Waals surface area contributed by atoms with Crippen molar-refractivity contribution in [1.82, 2.24) is 0 Å². The number of nitrogens with zero attached hydrogens (tertiary/aromatic N) is 1. The Morgan fingerprint density at radius 3 is 1.81 bits per heavy atom. The van der Waals surface area contributed by atoms with Gasteiger partial charge < -0.3 is 28.4 Å². The third-order valence-corrected chi connectivity index (χ3v) is 6.95. The van der Waals surface area contributed by atoms with Gasteiger partial charge >= 0.3 is 35.8 Å². The highest BCUT2D eigenvalue weighted by Gasteiger charge is 2.60. The third-order valence-electron chi connectivity index (χ3n) is 6.95. The topological polar surface area (TPSA) is 201 Å². The monoisotopic (exact) mass is 601 g/mol. The number of ether oxygens (including phenoxy) is 6. The number of carbonyl (C=O) groups excluding carboxylic acids is 6. The molecule has 15 nitrogen and oxygen atoms in total. The summed E-state index contributed by atoms with van der Waals surface area (Å²) in [6.07, 6.45) is -7.69. The van der Waals surface area contributed by atoms with Crippen LogP contribution in [0.25, 0.3) is 0 Å². The van der Waals surface area contributed by atoms with Gasteiger partial charge in [0.2, 0.25) is 5.54 Å². The quantitative estimate of drug-likeness (QED) is 0.0919. The normalized spacial score (nSPS) is 21.1. The SMILES string of the molecule is COC(=O)CC[C@@]1([N+](=O)[O-])CC(C)=C(C)C[C@@H]1[C@@H](OC(C)=O)[C@@H](OC(C)=O)[C@H](OC(C)=O)[C@@H](COC(C)=O)OC(C)=O. The number of nitro groups is 1. The van der Waals surface area contributed by atoms with Crippen molar-refractivity contribution in [2.75, 3.05) is 13.7 Å². The summed E-state index contributed by atoms with van der Waals surface area (Å²) in [4.78, 5) is 85.1. The van der Waals surface area contributed by atoms with Crippen LogP contribution in [0.2, 0.25) is 0 Å². The largest absolute Gasteiger partial charge is 0.469 e. The highest BCUT2D eigenvalue weighted by atomic mass is 16.6. The summed E-state index contributed by atoms with van der Waals surface area (Å²) in [6.45, 7) is 7.90. The number of hydrogen-bond donors (Lipinski definition) is 0. The molecule has 0 N–H and O–H groups in total. The first-order valence-corrected chi connectivity index (χ1v) is 13.1. The van der Waals surface area contributed by atoms with Crippen LogP contribution < -0.4 is 0 Å². The van der Waals surface area contributed by atoms with Crippen molar-refractivity contribution in [2.24, 2.45) is 5.92 Å². The molecule has 0 amide bonds. The summed E-state index contributed by atoms with van der Waals surface area (Å²) in [6, 6.07) is 0. The molecule has 1 aliphatic carbocycles. The minimum Gasteiger partial charge on any atom is -0.469 e. The van der Waals surface area contributed by atoms with Crippen LogP contribution in [-0.2, 0) is 57.2 Å². The highest BCUT2D eigenvalue weighted by Crippen LogP contribution is 2.46. The standard InChI is InChI=1S/C27H39NO14/c1-14-11-21(27(28(35)36,12-15(14)2)10-9-23(34)37-8)24(40-18(5)31)26(42-20(7)33)25(41-19(6)32)22(39-17(4)30)13-38-16(3)29/h21-22,24-26H,9-13H2,1-8H3/t21-,22-,24-,25-,26-,27-/m1/s1. The second-order valence-electron chi connectivity index (χ2n) is 10.2. The van der Waals surface area contributed by atoms with Crippen LogP contribution in [0.1, 0.15) is 74.1 Å². The molecule has 0 saturated heterocycles. The predicted octanol–water partition coefficient (Wildman–Crippen LogP) is 1.99. The number of esters is 6. The van der Waals surface area contributed by atoms with Gasteiger partial charge in [0, 0.05) is 52.4 Å². The highest BCUT2D eigenvalue weighted by molar-refractivity contribution is 5.70. The van der Waals surface area contributed by atoms with Crippen LogP contribution in [0.4, 0.5) is 0 Å². The number of allylic oxidation sites excluding steroid dienone is 1. The number of carbonyl (C=O) groups is 6. The summed E-state index contributed by atoms with van der Waals surface area (Å²) in [5.41, 5.74) is -0.554. The van der Waals surface area contributed by atoms with Gasteiger partial charge in [-0.05, 0) is 20.3 Å². The van der Waals surface area contributed by atoms with E-state index in [0.717, 1.165) is 47.3 Å². The van der Waals surface area contributed by atoms with Gasteiger partial charge in [0.1, 0.15) is 6.61 Å². The minimum atomic E-state index is -1.94. The van der Waals surface area contributed by atoms with E-state index in [4.69, 9.17) is 28.4 Å². The van der Waals surface area contributed by atoms with E-state index in [9.17, 15) is 38.9 Å². The number of hydrogen-bond acceptors (Lipinski definition) is 14. The van der Waals surface area contributed by atoms with E-state index in [2.05, 4.69) is 0 Å². The Morgan fingerprint density at radius 2 is 1.36 bits per heavy atom. The Labute approximate surface area is 243 Å². The van der Waals surface area contributed by atoms with Gasteiger partial charge in [0.15, 0.2) is 24.4 Å². The molecule has 0 aromatic carbocycles. The van der Waals surface area contributed by atoms with Gasteiger partial charge in [0.25, 0.3) is 0 Å². The molecule has 0 heterocycles. The molecule has 0 bridgehead atoms. The summed E-state index contributed by atoms with van der Waals surface area (Å²) >= 11 is 0. The Bertz CT molecular complexity index is 1100. The smallest absolute Gasteiger partial charge is 0.305 e. The summed E-state index contributed by atoms with van der Waals surface area (Å²) in [7, 11) is 1.13. The molecule has 0 radical (unpaired) electrons. The molecule has 0 aromatic heterocycles. The van der Waals surface area contributed by atoms with E-state index < -0.39 is 83.2 Å². The second kappa shape index (κ2) is 15.8. The van der Waals surface area contributed by atoms with Crippen molar-refractivity contribution in [1.29, 1.82) is 0 Å². The lowest BCUT2D eigenvalue weighted by Gasteiger charge is -2.44. The summed E-state index contributed by atoms with van der Waals surface area (Å²) in [5, 5.41) is 12.8. The van der Waals surface area contributed by atoms with Crippen molar-refractivity contribution in [3.63, 3.8) is 0 Å². The average molecular weight is 602 g/mol. The lowest BCUT2D eigenvalue weighted by atomic mass is 9.65. The first-order chi connectivity index (χ1) is 19.4. The maximum Gasteiger partial charge on any atom is 0.305 e. The molecular formula is C27H39NO14. The van der Waals surface area contributed by atoms with Crippen molar-refractivity contribution < 1.29 is 62.1 Å². The molecule has 0 unspecified atom stereocenters. The maximum absolute atomic E-state index is 12.8. The van der Waals surface area contributed by atoms with E-state index in [1.54, 1.807) is 13.8 Å². The van der Waals surface area contributed by atoms with Crippen LogP contribution in [0.3, 0.4) is 0 Å². The van der Waals surface area contributed by atoms with Crippen LogP contribution in [0, 0.1) is 16.0 Å². The molecule has 0 saturated carbocycles. The van der Waals surface area contributed by atoms with Crippen LogP contribution in [0.5, 0.6) is 0 Å². The number of rotatable bonds is 14. The second-order valence-corrected chi connectivity index (χ2v) is 10.2. The maximum atomic E-state index is 12.8. The molecule has 42 heavy (non-hydrogen) atoms. The summed E-state index contributed by atoms with van der Waals surface area (Å²) < 4.78 is 31.5. The number of methoxy groups -OCH3 is 1. The fourth-order valence-corrected chi connectivity index (χ4v) is 5.08. The zero-order chi connectivity index (χ0) is 32.4. The molecular weight excluding hydrogens is 562 g/mol. The fraction of sp³-hybridized carbons (Fsp3) is 0.704. The van der Waals surface area contributed by atoms with Gasteiger partial charge in [0.05, 0.1) is 19.4 Å². The molecule has 0 aliphatic heterocycles. The van der Waals surface area contributed by atoms with Gasteiger partial charge in [-0.2, -0.15) is 0 Å². The zero-order valence-electron chi connectivity index (χ0n) is 25.1. The van der Waals surface area contributed by atoms with E-state index in [-0.39, 0.29) is 25.7 Å².